The van der Waals surface area contributed by atoms with Crippen molar-refractivity contribution >= 4 is 11.3 Å². The maximum absolute atomic E-state index is 4.29. The molecule has 0 aliphatic rings. The van der Waals surface area contributed by atoms with Crippen LogP contribution < -0.4 is 5.32 Å². The first kappa shape index (κ1) is 16.0. The van der Waals surface area contributed by atoms with Gasteiger partial charge in [-0.1, -0.05) is 38.1 Å². The Morgan fingerprint density at radius 1 is 1.18 bits per heavy atom. The molecular formula is C20H24N2. The van der Waals surface area contributed by atoms with Crippen molar-refractivity contribution in [1.29, 1.82) is 0 Å². The highest BCUT2D eigenvalue weighted by molar-refractivity contribution is 5.71. The molecule has 0 saturated heterocycles. The molecule has 1 aromatic heterocycles. The van der Waals surface area contributed by atoms with Crippen LogP contribution in [0.3, 0.4) is 0 Å². The highest BCUT2D eigenvalue weighted by atomic mass is 14.8. The van der Waals surface area contributed by atoms with Gasteiger partial charge in [0, 0.05) is 23.8 Å². The number of pyridine rings is 1. The predicted octanol–water partition coefficient (Wildman–Crippen LogP) is 5.37. The lowest BCUT2D eigenvalue weighted by atomic mass is 10.1. The molecule has 0 spiro atoms. The first-order chi connectivity index (χ1) is 10.7. The van der Waals surface area contributed by atoms with E-state index in [0.29, 0.717) is 0 Å². The molecule has 0 saturated carbocycles. The van der Waals surface area contributed by atoms with Crippen LogP contribution in [-0.2, 0) is 6.42 Å². The number of allylic oxidation sites excluding steroid dienone is 2. The lowest BCUT2D eigenvalue weighted by Gasteiger charge is -2.04. The van der Waals surface area contributed by atoms with E-state index in [4.69, 9.17) is 0 Å². The van der Waals surface area contributed by atoms with E-state index in [1.807, 2.05) is 37.5 Å². The normalized spacial score (nSPS) is 10.8. The molecule has 2 heteroatoms. The molecule has 0 atom stereocenters. The molecule has 0 aliphatic heterocycles. The standard InChI is InChI=1S/C20H24N2/c1-4-5-6-18-8-11-20(12-9-18)21-14-13-16(2)19-10-7-17(3)22-15-19/h7-15,21H,2,4-6H2,1,3H3/b14-13-. The number of benzene rings is 1. The highest BCUT2D eigenvalue weighted by Gasteiger charge is 1.96. The van der Waals surface area contributed by atoms with E-state index in [0.717, 1.165) is 28.9 Å². The summed E-state index contributed by atoms with van der Waals surface area (Å²) < 4.78 is 0. The summed E-state index contributed by atoms with van der Waals surface area (Å²) in [5.74, 6) is 0. The highest BCUT2D eigenvalue weighted by Crippen LogP contribution is 2.14. The number of hydrogen-bond acceptors (Lipinski definition) is 2. The second-order valence-electron chi connectivity index (χ2n) is 5.49. The van der Waals surface area contributed by atoms with Crippen molar-refractivity contribution in [3.63, 3.8) is 0 Å². The Hall–Kier alpha value is -2.35. The molecule has 0 bridgehead atoms. The zero-order valence-electron chi connectivity index (χ0n) is 13.5. The number of anilines is 1. The van der Waals surface area contributed by atoms with Crippen LogP contribution in [0.15, 0.2) is 61.4 Å². The molecule has 22 heavy (non-hydrogen) atoms. The number of aryl methyl sites for hydroxylation is 2. The number of rotatable bonds is 7. The zero-order chi connectivity index (χ0) is 15.8. The molecule has 1 N–H and O–H groups in total. The first-order valence-corrected chi connectivity index (χ1v) is 7.83. The Kier molecular flexibility index (Phi) is 5.96. The summed E-state index contributed by atoms with van der Waals surface area (Å²) in [6.07, 6.45) is 9.38. The zero-order valence-corrected chi connectivity index (χ0v) is 13.5. The smallest absolute Gasteiger partial charge is 0.0379 e. The van der Waals surface area contributed by atoms with Crippen LogP contribution in [0.1, 0.15) is 36.6 Å². The largest absolute Gasteiger partial charge is 0.362 e. The molecule has 1 heterocycles. The molecule has 2 rings (SSSR count). The summed E-state index contributed by atoms with van der Waals surface area (Å²) >= 11 is 0. The Morgan fingerprint density at radius 2 is 1.95 bits per heavy atom. The Labute approximate surface area is 133 Å². The third-order valence-corrected chi connectivity index (χ3v) is 3.59. The molecule has 0 unspecified atom stereocenters. The molecule has 2 aromatic rings. The van der Waals surface area contributed by atoms with Gasteiger partial charge in [-0.2, -0.15) is 0 Å². The number of nitrogens with one attached hydrogen (secondary N) is 1. The van der Waals surface area contributed by atoms with Crippen LogP contribution in [0.5, 0.6) is 0 Å². The van der Waals surface area contributed by atoms with Crippen molar-refractivity contribution in [3.8, 4) is 0 Å². The molecule has 0 radical (unpaired) electrons. The minimum absolute atomic E-state index is 0.944. The fourth-order valence-electron chi connectivity index (χ4n) is 2.14. The fraction of sp³-hybridized carbons (Fsp3) is 0.250. The van der Waals surface area contributed by atoms with Crippen molar-refractivity contribution in [2.75, 3.05) is 5.32 Å². The van der Waals surface area contributed by atoms with Gasteiger partial charge in [-0.3, -0.25) is 4.98 Å². The van der Waals surface area contributed by atoms with Crippen molar-refractivity contribution in [3.05, 3.63) is 78.3 Å². The van der Waals surface area contributed by atoms with E-state index in [1.165, 1.54) is 18.4 Å². The van der Waals surface area contributed by atoms with Crippen LogP contribution in [0.4, 0.5) is 5.69 Å². The average molecular weight is 292 g/mol. The van der Waals surface area contributed by atoms with Gasteiger partial charge in [0.2, 0.25) is 0 Å². The molecule has 2 nitrogen and oxygen atoms in total. The second kappa shape index (κ2) is 8.18. The van der Waals surface area contributed by atoms with Gasteiger partial charge in [-0.25, -0.2) is 0 Å². The topological polar surface area (TPSA) is 24.9 Å². The summed E-state index contributed by atoms with van der Waals surface area (Å²) in [4.78, 5) is 4.29. The maximum Gasteiger partial charge on any atom is 0.0379 e. The molecule has 0 aliphatic carbocycles. The van der Waals surface area contributed by atoms with Crippen molar-refractivity contribution in [2.45, 2.75) is 33.1 Å². The van der Waals surface area contributed by atoms with E-state index in [1.54, 1.807) is 0 Å². The van der Waals surface area contributed by atoms with E-state index in [-0.39, 0.29) is 0 Å². The fourth-order valence-corrected chi connectivity index (χ4v) is 2.14. The van der Waals surface area contributed by atoms with E-state index >= 15 is 0 Å². The van der Waals surface area contributed by atoms with Gasteiger partial charge in [0.05, 0.1) is 0 Å². The molecule has 1 aromatic carbocycles. The van der Waals surface area contributed by atoms with Crippen LogP contribution in [0, 0.1) is 6.92 Å². The SMILES string of the molecule is C=C(/C=C\Nc1ccc(CCCC)cc1)c1ccc(C)nc1. The number of nitrogens with zero attached hydrogens (tertiary/aromatic N) is 1. The lowest BCUT2D eigenvalue weighted by molar-refractivity contribution is 0.795. The summed E-state index contributed by atoms with van der Waals surface area (Å²) in [6, 6.07) is 12.6. The number of unbranched alkanes of at least 4 members (excludes halogenated alkanes) is 1. The van der Waals surface area contributed by atoms with Gasteiger partial charge in [0.25, 0.3) is 0 Å². The van der Waals surface area contributed by atoms with Crippen molar-refractivity contribution < 1.29 is 0 Å². The predicted molar refractivity (Wildman–Crippen MR) is 95.8 cm³/mol. The summed E-state index contributed by atoms with van der Waals surface area (Å²) in [7, 11) is 0. The third-order valence-electron chi connectivity index (χ3n) is 3.59. The van der Waals surface area contributed by atoms with Crippen LogP contribution in [0.2, 0.25) is 0 Å². The quantitative estimate of drug-likeness (QED) is 0.694. The molecular weight excluding hydrogens is 268 g/mol. The van der Waals surface area contributed by atoms with E-state index in [9.17, 15) is 0 Å². The summed E-state index contributed by atoms with van der Waals surface area (Å²) in [6.45, 7) is 8.27. The van der Waals surface area contributed by atoms with Crippen LogP contribution >= 0.6 is 0 Å². The first-order valence-electron chi connectivity index (χ1n) is 7.83. The minimum Gasteiger partial charge on any atom is -0.362 e. The number of hydrogen-bond donors (Lipinski definition) is 1. The monoisotopic (exact) mass is 292 g/mol. The van der Waals surface area contributed by atoms with Gasteiger partial charge in [-0.05, 0) is 60.7 Å². The van der Waals surface area contributed by atoms with Crippen molar-refractivity contribution in [1.82, 2.24) is 4.98 Å². The second-order valence-corrected chi connectivity index (χ2v) is 5.49. The van der Waals surface area contributed by atoms with E-state index < -0.39 is 0 Å². The van der Waals surface area contributed by atoms with E-state index in [2.05, 4.69) is 48.1 Å². The summed E-state index contributed by atoms with van der Waals surface area (Å²) in [5.41, 5.74) is 5.48. The summed E-state index contributed by atoms with van der Waals surface area (Å²) in [5, 5.41) is 3.28. The Morgan fingerprint density at radius 3 is 2.59 bits per heavy atom. The Bertz CT molecular complexity index is 622. The van der Waals surface area contributed by atoms with Gasteiger partial charge in [-0.15, -0.1) is 0 Å². The Balaban J connectivity index is 1.88. The number of aromatic nitrogens is 1. The minimum atomic E-state index is 0.944. The molecule has 0 amide bonds. The third kappa shape index (κ3) is 4.88. The molecule has 114 valence electrons. The van der Waals surface area contributed by atoms with Gasteiger partial charge >= 0.3 is 0 Å². The lowest BCUT2D eigenvalue weighted by Crippen LogP contribution is -1.90. The van der Waals surface area contributed by atoms with Crippen LogP contribution in [0.25, 0.3) is 5.57 Å². The van der Waals surface area contributed by atoms with Gasteiger partial charge in [0.15, 0.2) is 0 Å². The van der Waals surface area contributed by atoms with Crippen LogP contribution in [-0.4, -0.2) is 4.98 Å². The average Bonchev–Trinajstić information content (AvgIpc) is 2.54. The van der Waals surface area contributed by atoms with Crippen molar-refractivity contribution in [2.24, 2.45) is 0 Å². The van der Waals surface area contributed by atoms with Gasteiger partial charge in [0.1, 0.15) is 0 Å². The maximum atomic E-state index is 4.29. The molecule has 0 fully saturated rings. The van der Waals surface area contributed by atoms with Gasteiger partial charge < -0.3 is 5.32 Å².